The van der Waals surface area contributed by atoms with Gasteiger partial charge in [-0.25, -0.2) is 4.39 Å². The molecule has 2 fully saturated rings. The number of primary amides is 1. The summed E-state index contributed by atoms with van der Waals surface area (Å²) in [4.78, 5) is 14.7. The number of rotatable bonds is 6. The van der Waals surface area contributed by atoms with E-state index in [-0.39, 0.29) is 29.7 Å². The normalized spacial score (nSPS) is 26.9. The number of alkyl halides is 3. The Bertz CT molecular complexity index is 1030. The number of amides is 1. The predicted molar refractivity (Wildman–Crippen MR) is 118 cm³/mol. The second-order valence-corrected chi connectivity index (χ2v) is 9.10. The summed E-state index contributed by atoms with van der Waals surface area (Å²) in [5.74, 6) is -0.823. The number of carbonyl (C=O) groups excluding carboxylic acids is 1. The van der Waals surface area contributed by atoms with E-state index in [1.807, 2.05) is 17.9 Å². The number of nitrogens with zero attached hydrogens (tertiary/aromatic N) is 1. The SMILES string of the molecule is C[C@@H](c1cccc(F)c1)C1CC(C(N)=O)(N2CCC(Oc3cccc(C(F)(F)F)c3)C2)CCO1. The Morgan fingerprint density at radius 1 is 1.24 bits per heavy atom. The monoisotopic (exact) mass is 480 g/mol. The van der Waals surface area contributed by atoms with Crippen molar-refractivity contribution in [2.45, 2.75) is 56.0 Å². The van der Waals surface area contributed by atoms with E-state index >= 15 is 0 Å². The maximum Gasteiger partial charge on any atom is 0.416 e. The van der Waals surface area contributed by atoms with E-state index in [9.17, 15) is 22.4 Å². The van der Waals surface area contributed by atoms with Crippen molar-refractivity contribution in [1.82, 2.24) is 4.90 Å². The average molecular weight is 481 g/mol. The van der Waals surface area contributed by atoms with Crippen LogP contribution in [0.1, 0.15) is 43.2 Å². The molecule has 1 amide bonds. The molecule has 34 heavy (non-hydrogen) atoms. The molecule has 4 rings (SSSR count). The van der Waals surface area contributed by atoms with Crippen molar-refractivity contribution in [1.29, 1.82) is 0 Å². The van der Waals surface area contributed by atoms with Gasteiger partial charge in [-0.2, -0.15) is 13.2 Å². The number of ether oxygens (including phenoxy) is 2. The number of benzene rings is 2. The first-order valence-electron chi connectivity index (χ1n) is 11.3. The molecule has 184 valence electrons. The van der Waals surface area contributed by atoms with Crippen LogP contribution in [0.2, 0.25) is 0 Å². The fraction of sp³-hybridized carbons (Fsp3) is 0.480. The third kappa shape index (κ3) is 5.05. The molecule has 5 nitrogen and oxygen atoms in total. The van der Waals surface area contributed by atoms with Crippen molar-refractivity contribution in [3.05, 3.63) is 65.5 Å². The molecule has 2 aromatic rings. The summed E-state index contributed by atoms with van der Waals surface area (Å²) >= 11 is 0. The van der Waals surface area contributed by atoms with E-state index in [1.54, 1.807) is 6.07 Å². The van der Waals surface area contributed by atoms with Crippen molar-refractivity contribution >= 4 is 5.91 Å². The number of carbonyl (C=O) groups is 1. The Morgan fingerprint density at radius 3 is 2.71 bits per heavy atom. The Hall–Kier alpha value is -2.65. The number of hydrogen-bond donors (Lipinski definition) is 1. The molecule has 2 saturated heterocycles. The zero-order valence-electron chi connectivity index (χ0n) is 18.9. The van der Waals surface area contributed by atoms with Crippen molar-refractivity contribution in [3.63, 3.8) is 0 Å². The highest BCUT2D eigenvalue weighted by atomic mass is 19.4. The molecular weight excluding hydrogens is 452 g/mol. The highest BCUT2D eigenvalue weighted by molar-refractivity contribution is 5.85. The summed E-state index contributed by atoms with van der Waals surface area (Å²) < 4.78 is 64.6. The molecular formula is C25H28F4N2O3. The Kier molecular flexibility index (Phi) is 6.87. The number of hydrogen-bond acceptors (Lipinski definition) is 4. The maximum absolute atomic E-state index is 13.7. The molecule has 0 bridgehead atoms. The van der Waals surface area contributed by atoms with Gasteiger partial charge in [0, 0.05) is 32.0 Å². The first-order valence-corrected chi connectivity index (χ1v) is 11.3. The fourth-order valence-corrected chi connectivity index (χ4v) is 5.02. The van der Waals surface area contributed by atoms with Crippen LogP contribution >= 0.6 is 0 Å². The first-order chi connectivity index (χ1) is 16.1. The minimum atomic E-state index is -4.45. The number of nitrogens with two attached hydrogens (primary N) is 1. The third-order valence-corrected chi connectivity index (χ3v) is 6.99. The topological polar surface area (TPSA) is 64.8 Å². The van der Waals surface area contributed by atoms with Crippen molar-refractivity contribution in [3.8, 4) is 5.75 Å². The van der Waals surface area contributed by atoms with E-state index in [2.05, 4.69) is 0 Å². The minimum Gasteiger partial charge on any atom is -0.489 e. The minimum absolute atomic E-state index is 0.138. The van der Waals surface area contributed by atoms with Gasteiger partial charge in [0.25, 0.3) is 0 Å². The van der Waals surface area contributed by atoms with Crippen molar-refractivity contribution in [2.24, 2.45) is 5.73 Å². The van der Waals surface area contributed by atoms with Crippen LogP contribution in [0, 0.1) is 5.82 Å². The molecule has 2 aliphatic rings. The van der Waals surface area contributed by atoms with E-state index in [0.717, 1.165) is 17.7 Å². The largest absolute Gasteiger partial charge is 0.489 e. The summed E-state index contributed by atoms with van der Waals surface area (Å²) in [7, 11) is 0. The van der Waals surface area contributed by atoms with Gasteiger partial charge in [-0.1, -0.05) is 25.1 Å². The van der Waals surface area contributed by atoms with Crippen LogP contribution in [0.5, 0.6) is 5.75 Å². The average Bonchev–Trinajstić information content (AvgIpc) is 3.27. The molecule has 9 heteroatoms. The fourth-order valence-electron chi connectivity index (χ4n) is 5.02. The molecule has 2 N–H and O–H groups in total. The van der Waals surface area contributed by atoms with Crippen LogP contribution in [0.3, 0.4) is 0 Å². The lowest BCUT2D eigenvalue weighted by atomic mass is 9.79. The van der Waals surface area contributed by atoms with Gasteiger partial charge in [-0.15, -0.1) is 0 Å². The van der Waals surface area contributed by atoms with Gasteiger partial charge in [0.15, 0.2) is 0 Å². The molecule has 0 spiro atoms. The molecule has 0 aliphatic carbocycles. The van der Waals surface area contributed by atoms with E-state index in [0.29, 0.717) is 39.0 Å². The van der Waals surface area contributed by atoms with Gasteiger partial charge in [0.2, 0.25) is 5.91 Å². The van der Waals surface area contributed by atoms with Gasteiger partial charge < -0.3 is 15.2 Å². The summed E-state index contributed by atoms with van der Waals surface area (Å²) in [5, 5.41) is 0. The number of halogens is 4. The van der Waals surface area contributed by atoms with Crippen LogP contribution in [0.4, 0.5) is 17.6 Å². The van der Waals surface area contributed by atoms with Gasteiger partial charge in [-0.05, 0) is 48.7 Å². The van der Waals surface area contributed by atoms with E-state index in [1.165, 1.54) is 24.3 Å². The highest BCUT2D eigenvalue weighted by Crippen LogP contribution is 2.39. The molecule has 0 saturated carbocycles. The van der Waals surface area contributed by atoms with Crippen molar-refractivity contribution < 1.29 is 31.8 Å². The second kappa shape index (κ2) is 9.54. The quantitative estimate of drug-likeness (QED) is 0.619. The number of likely N-dealkylation sites (tertiary alicyclic amines) is 1. The Morgan fingerprint density at radius 2 is 2.00 bits per heavy atom. The second-order valence-electron chi connectivity index (χ2n) is 9.10. The molecule has 3 unspecified atom stereocenters. The molecule has 2 aliphatic heterocycles. The van der Waals surface area contributed by atoms with Gasteiger partial charge in [0.1, 0.15) is 23.2 Å². The van der Waals surface area contributed by atoms with E-state index in [4.69, 9.17) is 15.2 Å². The highest BCUT2D eigenvalue weighted by Gasteiger charge is 2.50. The Labute approximate surface area is 195 Å². The zero-order valence-corrected chi connectivity index (χ0v) is 18.9. The third-order valence-electron chi connectivity index (χ3n) is 6.99. The van der Waals surface area contributed by atoms with Crippen LogP contribution in [-0.2, 0) is 15.7 Å². The van der Waals surface area contributed by atoms with Crippen molar-refractivity contribution in [2.75, 3.05) is 19.7 Å². The molecule has 0 radical (unpaired) electrons. The summed E-state index contributed by atoms with van der Waals surface area (Å²) in [6.07, 6.45) is -3.86. The van der Waals surface area contributed by atoms with Gasteiger partial charge in [0.05, 0.1) is 11.7 Å². The molecule has 0 aromatic heterocycles. The summed E-state index contributed by atoms with van der Waals surface area (Å²) in [6.45, 7) is 3.14. The first kappa shape index (κ1) is 24.5. The Balaban J connectivity index is 1.48. The van der Waals surface area contributed by atoms with Crippen LogP contribution < -0.4 is 10.5 Å². The zero-order chi connectivity index (χ0) is 24.5. The molecule has 2 heterocycles. The maximum atomic E-state index is 13.7. The summed E-state index contributed by atoms with van der Waals surface area (Å²) in [5.41, 5.74) is 4.95. The predicted octanol–water partition coefficient (Wildman–Crippen LogP) is 4.50. The molecule has 4 atom stereocenters. The van der Waals surface area contributed by atoms with Crippen LogP contribution in [0.25, 0.3) is 0 Å². The van der Waals surface area contributed by atoms with E-state index < -0.39 is 23.2 Å². The lowest BCUT2D eigenvalue weighted by molar-refractivity contribution is -0.142. The standard InChI is InChI=1S/C25H28F4N2O3/c1-16(17-4-2-6-19(26)12-17)22-14-24(23(30)32,9-11-33-22)31-10-8-21(15-31)34-20-7-3-5-18(13-20)25(27,28)29/h2-7,12-13,16,21-22H,8-11,14-15H2,1H3,(H2,30,32)/t16-,21?,22?,24?/m0/s1. The molecule has 2 aromatic carbocycles. The lowest BCUT2D eigenvalue weighted by Gasteiger charge is -2.46. The van der Waals surface area contributed by atoms with Crippen LogP contribution in [-0.4, -0.2) is 48.3 Å². The van der Waals surface area contributed by atoms with Crippen LogP contribution in [0.15, 0.2) is 48.5 Å². The smallest absolute Gasteiger partial charge is 0.416 e. The van der Waals surface area contributed by atoms with Gasteiger partial charge in [-0.3, -0.25) is 9.69 Å². The van der Waals surface area contributed by atoms with Gasteiger partial charge >= 0.3 is 6.18 Å². The lowest BCUT2D eigenvalue weighted by Crippen LogP contribution is -2.61. The summed E-state index contributed by atoms with van der Waals surface area (Å²) in [6, 6.07) is 11.1.